The molecule has 0 aliphatic carbocycles. The van der Waals surface area contributed by atoms with E-state index in [1.165, 1.54) is 0 Å². The van der Waals surface area contributed by atoms with Gasteiger partial charge in [0, 0.05) is 39.3 Å². The van der Waals surface area contributed by atoms with Crippen LogP contribution in [0.25, 0.3) is 0 Å². The fraction of sp³-hybridized carbons (Fsp3) is 0.800. The molecule has 1 aliphatic rings. The van der Waals surface area contributed by atoms with Crippen LogP contribution in [0.3, 0.4) is 0 Å². The Morgan fingerprint density at radius 2 is 1.57 bits per heavy atom. The molecule has 132 valence electrons. The highest BCUT2D eigenvalue weighted by Crippen LogP contribution is 2.06. The Balaban J connectivity index is 2.46. The van der Waals surface area contributed by atoms with E-state index in [1.54, 1.807) is 28.5 Å². The van der Waals surface area contributed by atoms with Gasteiger partial charge in [-0.3, -0.25) is 4.79 Å². The van der Waals surface area contributed by atoms with Crippen LogP contribution in [-0.4, -0.2) is 84.6 Å². The van der Waals surface area contributed by atoms with E-state index in [0.29, 0.717) is 45.9 Å². The van der Waals surface area contributed by atoms with Crippen molar-refractivity contribution >= 4 is 18.0 Å². The topological polar surface area (TPSA) is 82.2 Å². The lowest BCUT2D eigenvalue weighted by molar-refractivity contribution is -0.134. The first-order chi connectivity index (χ1) is 10.9. The van der Waals surface area contributed by atoms with Crippen LogP contribution in [0.1, 0.15) is 27.7 Å². The molecule has 0 bridgehead atoms. The van der Waals surface area contributed by atoms with E-state index in [-0.39, 0.29) is 18.0 Å². The van der Waals surface area contributed by atoms with E-state index in [4.69, 9.17) is 4.74 Å². The van der Waals surface area contributed by atoms with E-state index in [0.717, 1.165) is 0 Å². The number of nitrogens with zero attached hydrogens (tertiary/aromatic N) is 3. The zero-order chi connectivity index (χ0) is 17.4. The fourth-order valence-corrected chi connectivity index (χ4v) is 2.45. The predicted molar refractivity (Wildman–Crippen MR) is 86.1 cm³/mol. The lowest BCUT2D eigenvalue weighted by Gasteiger charge is -2.35. The maximum atomic E-state index is 12.4. The van der Waals surface area contributed by atoms with Crippen molar-refractivity contribution in [2.24, 2.45) is 0 Å². The van der Waals surface area contributed by atoms with Gasteiger partial charge in [-0.05, 0) is 27.7 Å². The van der Waals surface area contributed by atoms with Crippen LogP contribution < -0.4 is 5.32 Å². The van der Waals surface area contributed by atoms with Crippen molar-refractivity contribution in [1.82, 2.24) is 20.0 Å². The Kier molecular flexibility index (Phi) is 7.64. The molecule has 23 heavy (non-hydrogen) atoms. The molecule has 8 nitrogen and oxygen atoms in total. The number of rotatable bonds is 5. The van der Waals surface area contributed by atoms with E-state index in [1.807, 2.05) is 13.8 Å². The Labute approximate surface area is 137 Å². The van der Waals surface area contributed by atoms with Gasteiger partial charge in [-0.15, -0.1) is 0 Å². The lowest BCUT2D eigenvalue weighted by Crippen LogP contribution is -2.56. The molecule has 1 aliphatic heterocycles. The third-order valence-corrected chi connectivity index (χ3v) is 3.88. The summed E-state index contributed by atoms with van der Waals surface area (Å²) in [4.78, 5) is 40.9. The number of nitrogens with one attached hydrogen (secondary N) is 1. The van der Waals surface area contributed by atoms with Gasteiger partial charge < -0.3 is 24.8 Å². The monoisotopic (exact) mass is 328 g/mol. The first kappa shape index (κ1) is 19.1. The van der Waals surface area contributed by atoms with Gasteiger partial charge in [0.2, 0.25) is 5.91 Å². The second kappa shape index (κ2) is 9.22. The summed E-state index contributed by atoms with van der Waals surface area (Å²) in [6, 6.07) is -0.821. The normalized spacial score (nSPS) is 15.8. The number of carbonyl (C=O) groups is 3. The molecule has 1 atom stereocenters. The highest BCUT2D eigenvalue weighted by atomic mass is 16.6. The van der Waals surface area contributed by atoms with Crippen molar-refractivity contribution in [3.05, 3.63) is 0 Å². The average molecular weight is 328 g/mol. The molecule has 1 rings (SSSR count). The second-order valence-electron chi connectivity index (χ2n) is 5.35. The van der Waals surface area contributed by atoms with Gasteiger partial charge in [-0.25, -0.2) is 9.59 Å². The number of hydrogen-bond acceptors (Lipinski definition) is 4. The zero-order valence-corrected chi connectivity index (χ0v) is 14.5. The zero-order valence-electron chi connectivity index (χ0n) is 14.5. The average Bonchev–Trinajstić information content (AvgIpc) is 2.55. The molecule has 1 heterocycles. The van der Waals surface area contributed by atoms with Crippen LogP contribution in [0, 0.1) is 0 Å². The summed E-state index contributed by atoms with van der Waals surface area (Å²) in [7, 11) is 0. The number of urea groups is 1. The fourth-order valence-electron chi connectivity index (χ4n) is 2.45. The molecule has 0 spiro atoms. The van der Waals surface area contributed by atoms with Crippen molar-refractivity contribution < 1.29 is 19.1 Å². The number of piperazine rings is 1. The van der Waals surface area contributed by atoms with Crippen molar-refractivity contribution in [2.45, 2.75) is 33.7 Å². The molecular weight excluding hydrogens is 300 g/mol. The van der Waals surface area contributed by atoms with Crippen LogP contribution >= 0.6 is 0 Å². The molecular formula is C15H28N4O4. The quantitative estimate of drug-likeness (QED) is 0.806. The maximum absolute atomic E-state index is 12.4. The Hall–Kier alpha value is -1.99. The summed E-state index contributed by atoms with van der Waals surface area (Å²) in [5.41, 5.74) is 0. The van der Waals surface area contributed by atoms with Crippen molar-refractivity contribution in [1.29, 1.82) is 0 Å². The first-order valence-electron chi connectivity index (χ1n) is 8.20. The molecule has 0 saturated carbocycles. The Bertz CT molecular complexity index is 418. The summed E-state index contributed by atoms with van der Waals surface area (Å²) < 4.78 is 4.95. The van der Waals surface area contributed by atoms with E-state index in [9.17, 15) is 14.4 Å². The van der Waals surface area contributed by atoms with Gasteiger partial charge in [0.25, 0.3) is 0 Å². The van der Waals surface area contributed by atoms with Gasteiger partial charge in [0.1, 0.15) is 6.04 Å². The first-order valence-corrected chi connectivity index (χ1v) is 8.20. The molecule has 8 heteroatoms. The highest BCUT2D eigenvalue weighted by molar-refractivity contribution is 5.87. The Morgan fingerprint density at radius 1 is 1.04 bits per heavy atom. The summed E-state index contributed by atoms with van der Waals surface area (Å²) in [6.07, 6.45) is -0.345. The van der Waals surface area contributed by atoms with Crippen LogP contribution in [0.4, 0.5) is 9.59 Å². The molecule has 1 saturated heterocycles. The largest absolute Gasteiger partial charge is 0.450 e. The highest BCUT2D eigenvalue weighted by Gasteiger charge is 2.28. The molecule has 4 amide bonds. The molecule has 0 aromatic heterocycles. The van der Waals surface area contributed by atoms with Crippen LogP contribution in [0.15, 0.2) is 0 Å². The third kappa shape index (κ3) is 5.30. The van der Waals surface area contributed by atoms with E-state index >= 15 is 0 Å². The van der Waals surface area contributed by atoms with Crippen molar-refractivity contribution in [3.63, 3.8) is 0 Å². The minimum atomic E-state index is -0.586. The molecule has 1 N–H and O–H groups in total. The second-order valence-corrected chi connectivity index (χ2v) is 5.35. The van der Waals surface area contributed by atoms with Gasteiger partial charge in [0.15, 0.2) is 0 Å². The van der Waals surface area contributed by atoms with Crippen LogP contribution in [-0.2, 0) is 9.53 Å². The summed E-state index contributed by atoms with van der Waals surface area (Å²) in [5.74, 6) is -0.131. The summed E-state index contributed by atoms with van der Waals surface area (Å²) in [6.45, 7) is 10.6. The third-order valence-electron chi connectivity index (χ3n) is 3.88. The molecule has 0 aromatic rings. The van der Waals surface area contributed by atoms with Gasteiger partial charge in [-0.2, -0.15) is 0 Å². The minimum absolute atomic E-state index is 0.131. The van der Waals surface area contributed by atoms with Gasteiger partial charge in [-0.1, -0.05) is 0 Å². The Morgan fingerprint density at radius 3 is 2.04 bits per heavy atom. The molecule has 1 fully saturated rings. The smallest absolute Gasteiger partial charge is 0.409 e. The standard InChI is InChI=1S/C15H28N4O4/c1-5-17(6-2)14(21)16-12(4)13(20)18-8-10-19(11-9-18)15(22)23-7-3/h12H,5-11H2,1-4H3,(H,16,21)/t12-/m0/s1. The van der Waals surface area contributed by atoms with Crippen LogP contribution in [0.5, 0.6) is 0 Å². The van der Waals surface area contributed by atoms with Crippen molar-refractivity contribution in [2.75, 3.05) is 45.9 Å². The molecule has 0 unspecified atom stereocenters. The summed E-state index contributed by atoms with van der Waals surface area (Å²) >= 11 is 0. The minimum Gasteiger partial charge on any atom is -0.450 e. The number of amides is 4. The number of ether oxygens (including phenoxy) is 1. The van der Waals surface area contributed by atoms with Gasteiger partial charge in [0.05, 0.1) is 6.61 Å². The predicted octanol–water partition coefficient (Wildman–Crippen LogP) is 0.727. The SMILES string of the molecule is CCOC(=O)N1CCN(C(=O)[C@H](C)NC(=O)N(CC)CC)CC1. The maximum Gasteiger partial charge on any atom is 0.409 e. The van der Waals surface area contributed by atoms with Crippen LogP contribution in [0.2, 0.25) is 0 Å². The van der Waals surface area contributed by atoms with E-state index < -0.39 is 6.04 Å². The number of hydrogen-bond donors (Lipinski definition) is 1. The van der Waals surface area contributed by atoms with Gasteiger partial charge >= 0.3 is 12.1 Å². The van der Waals surface area contributed by atoms with Crippen molar-refractivity contribution in [3.8, 4) is 0 Å². The lowest BCUT2D eigenvalue weighted by atomic mass is 10.2. The molecule has 0 radical (unpaired) electrons. The number of carbonyl (C=O) groups excluding carboxylic acids is 3. The molecule has 0 aromatic carbocycles. The van der Waals surface area contributed by atoms with E-state index in [2.05, 4.69) is 5.32 Å². The summed E-state index contributed by atoms with van der Waals surface area (Å²) in [5, 5.41) is 2.72.